The Bertz CT molecular complexity index is 568. The number of fused-ring (bicyclic) bond motifs is 1. The maximum absolute atomic E-state index is 4.25. The summed E-state index contributed by atoms with van der Waals surface area (Å²) in [6.45, 7) is 0. The SMILES string of the molecule is Brc1cc2c(s1)CCCC2Nc1cccnc1Br. The van der Waals surface area contributed by atoms with Gasteiger partial charge in [-0.3, -0.25) is 0 Å². The fraction of sp³-hybridized carbons (Fsp3) is 0.308. The molecule has 94 valence electrons. The van der Waals surface area contributed by atoms with Crippen molar-refractivity contribution in [2.75, 3.05) is 5.32 Å². The number of nitrogens with one attached hydrogen (secondary N) is 1. The monoisotopic (exact) mass is 386 g/mol. The van der Waals surface area contributed by atoms with E-state index in [4.69, 9.17) is 0 Å². The molecule has 0 spiro atoms. The zero-order valence-corrected chi connectivity index (χ0v) is 13.6. The van der Waals surface area contributed by atoms with Gasteiger partial charge in [0.15, 0.2) is 0 Å². The van der Waals surface area contributed by atoms with E-state index < -0.39 is 0 Å². The van der Waals surface area contributed by atoms with E-state index in [1.54, 1.807) is 6.20 Å². The number of anilines is 1. The molecule has 2 aromatic heterocycles. The van der Waals surface area contributed by atoms with E-state index >= 15 is 0 Å². The van der Waals surface area contributed by atoms with Crippen LogP contribution >= 0.6 is 43.2 Å². The number of hydrogen-bond acceptors (Lipinski definition) is 3. The third-order valence-electron chi connectivity index (χ3n) is 3.17. The number of rotatable bonds is 2. The number of hydrogen-bond donors (Lipinski definition) is 1. The van der Waals surface area contributed by atoms with Crippen molar-refractivity contribution >= 4 is 48.9 Å². The van der Waals surface area contributed by atoms with E-state index in [1.807, 2.05) is 17.4 Å². The van der Waals surface area contributed by atoms with Gasteiger partial charge in [-0.05, 0) is 74.9 Å². The first-order chi connectivity index (χ1) is 8.74. The molecule has 0 bridgehead atoms. The average molecular weight is 388 g/mol. The quantitative estimate of drug-likeness (QED) is 0.720. The zero-order valence-electron chi connectivity index (χ0n) is 9.62. The Morgan fingerprint density at radius 2 is 2.28 bits per heavy atom. The first-order valence-corrected chi connectivity index (χ1v) is 8.29. The van der Waals surface area contributed by atoms with Crippen LogP contribution in [0.15, 0.2) is 32.8 Å². The minimum Gasteiger partial charge on any atom is -0.376 e. The van der Waals surface area contributed by atoms with Crippen molar-refractivity contribution in [3.05, 3.63) is 43.2 Å². The lowest BCUT2D eigenvalue weighted by atomic mass is 9.94. The van der Waals surface area contributed by atoms with Gasteiger partial charge in [0.1, 0.15) is 4.60 Å². The maximum Gasteiger partial charge on any atom is 0.129 e. The Kier molecular flexibility index (Phi) is 3.73. The number of thiophene rings is 1. The molecule has 1 unspecified atom stereocenters. The van der Waals surface area contributed by atoms with Gasteiger partial charge < -0.3 is 5.32 Å². The van der Waals surface area contributed by atoms with Gasteiger partial charge in [-0.15, -0.1) is 11.3 Å². The summed E-state index contributed by atoms with van der Waals surface area (Å²) >= 11 is 8.93. The summed E-state index contributed by atoms with van der Waals surface area (Å²) in [5.74, 6) is 0. The summed E-state index contributed by atoms with van der Waals surface area (Å²) in [4.78, 5) is 5.76. The highest BCUT2D eigenvalue weighted by molar-refractivity contribution is 9.11. The van der Waals surface area contributed by atoms with E-state index in [9.17, 15) is 0 Å². The smallest absolute Gasteiger partial charge is 0.129 e. The summed E-state index contributed by atoms with van der Waals surface area (Å²) < 4.78 is 2.11. The molecule has 2 heterocycles. The molecule has 0 saturated heterocycles. The van der Waals surface area contributed by atoms with Crippen LogP contribution in [0.4, 0.5) is 5.69 Å². The molecule has 2 nitrogen and oxygen atoms in total. The van der Waals surface area contributed by atoms with Crippen LogP contribution in [-0.2, 0) is 6.42 Å². The Labute approximate surface area is 127 Å². The highest BCUT2D eigenvalue weighted by Gasteiger charge is 2.23. The maximum atomic E-state index is 4.25. The van der Waals surface area contributed by atoms with E-state index in [1.165, 1.54) is 33.5 Å². The third-order valence-corrected chi connectivity index (χ3v) is 5.52. The van der Waals surface area contributed by atoms with Crippen LogP contribution in [0.1, 0.15) is 29.3 Å². The molecule has 0 aromatic carbocycles. The third kappa shape index (κ3) is 2.49. The molecule has 3 rings (SSSR count). The van der Waals surface area contributed by atoms with Crippen molar-refractivity contribution in [3.8, 4) is 0 Å². The predicted octanol–water partition coefficient (Wildman–Crippen LogP) is 5.16. The Hall–Kier alpha value is -0.390. The fourth-order valence-electron chi connectivity index (χ4n) is 2.35. The fourth-order valence-corrected chi connectivity index (χ4v) is 4.54. The van der Waals surface area contributed by atoms with Crippen LogP contribution in [0.5, 0.6) is 0 Å². The summed E-state index contributed by atoms with van der Waals surface area (Å²) in [5.41, 5.74) is 2.51. The normalized spacial score (nSPS) is 18.4. The summed E-state index contributed by atoms with van der Waals surface area (Å²) in [6, 6.07) is 6.67. The molecule has 1 N–H and O–H groups in total. The van der Waals surface area contributed by atoms with Gasteiger partial charge in [0, 0.05) is 11.1 Å². The number of aryl methyl sites for hydroxylation is 1. The highest BCUT2D eigenvalue weighted by Crippen LogP contribution is 2.40. The van der Waals surface area contributed by atoms with Crippen LogP contribution in [-0.4, -0.2) is 4.98 Å². The molecule has 5 heteroatoms. The van der Waals surface area contributed by atoms with Crippen molar-refractivity contribution in [2.45, 2.75) is 25.3 Å². The van der Waals surface area contributed by atoms with Gasteiger partial charge in [0.25, 0.3) is 0 Å². The summed E-state index contributed by atoms with van der Waals surface area (Å²) in [7, 11) is 0. The summed E-state index contributed by atoms with van der Waals surface area (Å²) in [6.07, 6.45) is 5.42. The lowest BCUT2D eigenvalue weighted by Gasteiger charge is -2.24. The molecule has 0 aliphatic heterocycles. The van der Waals surface area contributed by atoms with E-state index in [-0.39, 0.29) is 0 Å². The van der Waals surface area contributed by atoms with Gasteiger partial charge in [0.05, 0.1) is 15.5 Å². The number of halogens is 2. The van der Waals surface area contributed by atoms with Crippen molar-refractivity contribution in [1.82, 2.24) is 4.98 Å². The van der Waals surface area contributed by atoms with E-state index in [0.29, 0.717) is 6.04 Å². The number of pyridine rings is 1. The Balaban J connectivity index is 1.88. The highest BCUT2D eigenvalue weighted by atomic mass is 79.9. The predicted molar refractivity (Wildman–Crippen MR) is 83.3 cm³/mol. The first kappa shape index (κ1) is 12.6. The minimum atomic E-state index is 0.400. The second-order valence-corrected chi connectivity index (χ2v) is 7.63. The topological polar surface area (TPSA) is 24.9 Å². The second-order valence-electron chi connectivity index (χ2n) is 4.36. The van der Waals surface area contributed by atoms with Gasteiger partial charge in [-0.2, -0.15) is 0 Å². The largest absolute Gasteiger partial charge is 0.376 e. The lowest BCUT2D eigenvalue weighted by Crippen LogP contribution is -2.16. The molecule has 0 radical (unpaired) electrons. The van der Waals surface area contributed by atoms with Gasteiger partial charge in [0.2, 0.25) is 0 Å². The van der Waals surface area contributed by atoms with Gasteiger partial charge >= 0.3 is 0 Å². The van der Waals surface area contributed by atoms with Crippen molar-refractivity contribution < 1.29 is 0 Å². The van der Waals surface area contributed by atoms with Crippen LogP contribution in [0.25, 0.3) is 0 Å². The van der Waals surface area contributed by atoms with Crippen molar-refractivity contribution in [1.29, 1.82) is 0 Å². The standard InChI is InChI=1S/C13H12Br2N2S/c14-12-7-8-9(3-1-5-11(8)18-12)17-10-4-2-6-16-13(10)15/h2,4,6-7,9,17H,1,3,5H2. The lowest BCUT2D eigenvalue weighted by molar-refractivity contribution is 0.608. The Morgan fingerprint density at radius 1 is 1.39 bits per heavy atom. The second kappa shape index (κ2) is 5.31. The molecule has 0 saturated carbocycles. The molecule has 1 atom stereocenters. The van der Waals surface area contributed by atoms with Crippen molar-refractivity contribution in [2.24, 2.45) is 0 Å². The van der Waals surface area contributed by atoms with Crippen LogP contribution < -0.4 is 5.32 Å². The molecular weight excluding hydrogens is 376 g/mol. The Morgan fingerprint density at radius 3 is 3.11 bits per heavy atom. The van der Waals surface area contributed by atoms with Crippen LogP contribution in [0, 0.1) is 0 Å². The minimum absolute atomic E-state index is 0.400. The number of aromatic nitrogens is 1. The molecule has 0 fully saturated rings. The number of nitrogens with zero attached hydrogens (tertiary/aromatic N) is 1. The first-order valence-electron chi connectivity index (χ1n) is 5.89. The van der Waals surface area contributed by atoms with Crippen LogP contribution in [0.2, 0.25) is 0 Å². The van der Waals surface area contributed by atoms with E-state index in [2.05, 4.69) is 54.3 Å². The molecule has 2 aromatic rings. The molecule has 18 heavy (non-hydrogen) atoms. The molecule has 1 aliphatic rings. The van der Waals surface area contributed by atoms with Crippen molar-refractivity contribution in [3.63, 3.8) is 0 Å². The van der Waals surface area contributed by atoms with E-state index in [0.717, 1.165) is 10.3 Å². The van der Waals surface area contributed by atoms with Gasteiger partial charge in [-0.25, -0.2) is 4.98 Å². The van der Waals surface area contributed by atoms with Crippen LogP contribution in [0.3, 0.4) is 0 Å². The average Bonchev–Trinajstić information content (AvgIpc) is 2.73. The molecular formula is C13H12Br2N2S. The molecule has 1 aliphatic carbocycles. The summed E-state index contributed by atoms with van der Waals surface area (Å²) in [5, 5.41) is 3.60. The zero-order chi connectivity index (χ0) is 12.5. The van der Waals surface area contributed by atoms with Gasteiger partial charge in [-0.1, -0.05) is 0 Å². The molecule has 0 amide bonds.